The molecule has 1 aromatic carbocycles. The van der Waals surface area contributed by atoms with Gasteiger partial charge >= 0.3 is 6.18 Å². The van der Waals surface area contributed by atoms with Gasteiger partial charge in [0.25, 0.3) is 0 Å². The fourth-order valence-electron chi connectivity index (χ4n) is 1.85. The Morgan fingerprint density at radius 2 is 1.58 bits per heavy atom. The number of aliphatic hydroxyl groups is 1. The molecule has 0 aliphatic carbocycles. The topological polar surface area (TPSA) is 20.2 Å². The van der Waals surface area contributed by atoms with Crippen LogP contribution >= 0.6 is 0 Å². The maximum absolute atomic E-state index is 12.0. The van der Waals surface area contributed by atoms with Crippen LogP contribution in [0.3, 0.4) is 0 Å². The van der Waals surface area contributed by atoms with Crippen molar-refractivity contribution in [3.8, 4) is 0 Å². The van der Waals surface area contributed by atoms with Crippen molar-refractivity contribution in [2.45, 2.75) is 57.7 Å². The van der Waals surface area contributed by atoms with Gasteiger partial charge in [-0.2, -0.15) is 13.2 Å². The lowest BCUT2D eigenvalue weighted by Crippen LogP contribution is -2.16. The summed E-state index contributed by atoms with van der Waals surface area (Å²) in [5.74, 6) is 0. The molecule has 1 N–H and O–H groups in total. The minimum Gasteiger partial charge on any atom is -0.393 e. The predicted molar refractivity (Wildman–Crippen MR) is 70.1 cm³/mol. The summed E-state index contributed by atoms with van der Waals surface area (Å²) < 4.78 is 36.1. The van der Waals surface area contributed by atoms with Gasteiger partial charge in [-0.1, -0.05) is 45.0 Å². The number of halogens is 3. The molecule has 1 rings (SSSR count). The molecule has 1 atom stereocenters. The Labute approximate surface area is 112 Å². The monoisotopic (exact) mass is 274 g/mol. The first-order valence-corrected chi connectivity index (χ1v) is 6.42. The van der Waals surface area contributed by atoms with Crippen molar-refractivity contribution >= 4 is 0 Å². The lowest BCUT2D eigenvalue weighted by molar-refractivity contribution is -0.139. The third-order valence-electron chi connectivity index (χ3n) is 3.05. The van der Waals surface area contributed by atoms with E-state index in [1.54, 1.807) is 0 Å². The van der Waals surface area contributed by atoms with E-state index in [4.69, 9.17) is 0 Å². The molecule has 0 aliphatic heterocycles. The van der Waals surface area contributed by atoms with Crippen LogP contribution in [0.1, 0.15) is 44.7 Å². The van der Waals surface area contributed by atoms with Crippen molar-refractivity contribution in [2.75, 3.05) is 0 Å². The molecule has 0 saturated heterocycles. The molecule has 0 fully saturated rings. The summed E-state index contributed by atoms with van der Waals surface area (Å²) in [6.07, 6.45) is -6.06. The van der Waals surface area contributed by atoms with E-state index >= 15 is 0 Å². The fraction of sp³-hybridized carbons (Fsp3) is 0.600. The van der Waals surface area contributed by atoms with Crippen LogP contribution in [0.4, 0.5) is 13.2 Å². The largest absolute Gasteiger partial charge is 0.393 e. The fourth-order valence-corrected chi connectivity index (χ4v) is 1.85. The normalized spacial score (nSPS) is 14.5. The van der Waals surface area contributed by atoms with Crippen LogP contribution in [-0.2, 0) is 11.8 Å². The van der Waals surface area contributed by atoms with Crippen molar-refractivity contribution in [1.29, 1.82) is 0 Å². The van der Waals surface area contributed by atoms with E-state index in [0.717, 1.165) is 5.56 Å². The number of benzene rings is 1. The number of aliphatic hydroxyl groups excluding tert-OH is 1. The maximum Gasteiger partial charge on any atom is 0.389 e. The molecular formula is C15H21F3O. The average Bonchev–Trinajstić information content (AvgIpc) is 2.25. The highest BCUT2D eigenvalue weighted by atomic mass is 19.4. The molecular weight excluding hydrogens is 253 g/mol. The summed E-state index contributed by atoms with van der Waals surface area (Å²) in [5.41, 5.74) is 2.08. The van der Waals surface area contributed by atoms with Gasteiger partial charge in [0, 0.05) is 6.42 Å². The SMILES string of the molecule is CC(C)(C)c1ccc(CC(O)CCC(F)(F)F)cc1. The Balaban J connectivity index is 2.54. The molecule has 0 heterocycles. The molecule has 0 saturated carbocycles. The first-order valence-electron chi connectivity index (χ1n) is 6.42. The van der Waals surface area contributed by atoms with E-state index in [9.17, 15) is 18.3 Å². The van der Waals surface area contributed by atoms with Crippen molar-refractivity contribution in [2.24, 2.45) is 0 Å². The van der Waals surface area contributed by atoms with Crippen LogP contribution in [0.25, 0.3) is 0 Å². The molecule has 1 nitrogen and oxygen atoms in total. The lowest BCUT2D eigenvalue weighted by atomic mass is 9.86. The number of alkyl halides is 3. The molecule has 1 aromatic rings. The van der Waals surface area contributed by atoms with Crippen molar-refractivity contribution in [1.82, 2.24) is 0 Å². The van der Waals surface area contributed by atoms with E-state index in [1.165, 1.54) is 5.56 Å². The Bertz CT molecular complexity index is 387. The van der Waals surface area contributed by atoms with E-state index in [1.807, 2.05) is 24.3 Å². The molecule has 19 heavy (non-hydrogen) atoms. The first-order chi connectivity index (χ1) is 8.58. The van der Waals surface area contributed by atoms with Gasteiger partial charge in [-0.25, -0.2) is 0 Å². The van der Waals surface area contributed by atoms with E-state index in [0.29, 0.717) is 0 Å². The second kappa shape index (κ2) is 5.95. The van der Waals surface area contributed by atoms with Gasteiger partial charge in [0.1, 0.15) is 0 Å². The van der Waals surface area contributed by atoms with E-state index in [2.05, 4.69) is 20.8 Å². The Morgan fingerprint density at radius 1 is 1.05 bits per heavy atom. The quantitative estimate of drug-likeness (QED) is 0.871. The summed E-state index contributed by atoms with van der Waals surface area (Å²) in [5, 5.41) is 9.60. The molecule has 0 radical (unpaired) electrons. The Hall–Kier alpha value is -1.03. The third kappa shape index (κ3) is 6.10. The molecule has 0 bridgehead atoms. The minimum absolute atomic E-state index is 0.0490. The minimum atomic E-state index is -4.20. The standard InChI is InChI=1S/C15H21F3O/c1-14(2,3)12-6-4-11(5-7-12)10-13(19)8-9-15(16,17)18/h4-7,13,19H,8-10H2,1-3H3. The number of rotatable bonds is 4. The van der Waals surface area contributed by atoms with Gasteiger partial charge in [0.15, 0.2) is 0 Å². The molecule has 0 aromatic heterocycles. The summed E-state index contributed by atoms with van der Waals surface area (Å²) in [6.45, 7) is 6.29. The summed E-state index contributed by atoms with van der Waals surface area (Å²) in [7, 11) is 0. The predicted octanol–water partition coefficient (Wildman–Crippen LogP) is 4.23. The molecule has 0 aliphatic rings. The van der Waals surface area contributed by atoms with Crippen molar-refractivity contribution < 1.29 is 18.3 Å². The second-order valence-electron chi connectivity index (χ2n) is 5.96. The zero-order chi connectivity index (χ0) is 14.7. The van der Waals surface area contributed by atoms with E-state index in [-0.39, 0.29) is 18.3 Å². The van der Waals surface area contributed by atoms with Crippen LogP contribution in [0.15, 0.2) is 24.3 Å². The molecule has 108 valence electrons. The Kier molecular flexibility index (Phi) is 5.02. The van der Waals surface area contributed by atoms with Gasteiger partial charge in [-0.15, -0.1) is 0 Å². The summed E-state index contributed by atoms with van der Waals surface area (Å²) in [6, 6.07) is 7.67. The van der Waals surface area contributed by atoms with Gasteiger partial charge in [-0.3, -0.25) is 0 Å². The van der Waals surface area contributed by atoms with Gasteiger partial charge in [0.2, 0.25) is 0 Å². The van der Waals surface area contributed by atoms with Gasteiger partial charge in [-0.05, 0) is 29.4 Å². The van der Waals surface area contributed by atoms with Crippen LogP contribution in [-0.4, -0.2) is 17.4 Å². The number of hydrogen-bond acceptors (Lipinski definition) is 1. The lowest BCUT2D eigenvalue weighted by Gasteiger charge is -2.19. The van der Waals surface area contributed by atoms with Crippen molar-refractivity contribution in [3.05, 3.63) is 35.4 Å². The zero-order valence-electron chi connectivity index (χ0n) is 11.6. The molecule has 4 heteroatoms. The summed E-state index contributed by atoms with van der Waals surface area (Å²) in [4.78, 5) is 0. The maximum atomic E-state index is 12.0. The van der Waals surface area contributed by atoms with Crippen LogP contribution in [0.5, 0.6) is 0 Å². The second-order valence-corrected chi connectivity index (χ2v) is 5.96. The van der Waals surface area contributed by atoms with Crippen LogP contribution in [0.2, 0.25) is 0 Å². The third-order valence-corrected chi connectivity index (χ3v) is 3.05. The van der Waals surface area contributed by atoms with E-state index < -0.39 is 18.7 Å². The average molecular weight is 274 g/mol. The Morgan fingerprint density at radius 3 is 2.00 bits per heavy atom. The highest BCUT2D eigenvalue weighted by molar-refractivity contribution is 5.27. The molecule has 0 amide bonds. The van der Waals surface area contributed by atoms with Gasteiger partial charge in [0.05, 0.1) is 6.10 Å². The first kappa shape index (κ1) is 16.0. The molecule has 1 unspecified atom stereocenters. The number of hydrogen-bond donors (Lipinski definition) is 1. The summed E-state index contributed by atoms with van der Waals surface area (Å²) >= 11 is 0. The van der Waals surface area contributed by atoms with Crippen LogP contribution in [0, 0.1) is 0 Å². The highest BCUT2D eigenvalue weighted by Gasteiger charge is 2.27. The van der Waals surface area contributed by atoms with Gasteiger partial charge < -0.3 is 5.11 Å². The molecule has 0 spiro atoms. The zero-order valence-corrected chi connectivity index (χ0v) is 11.6. The smallest absolute Gasteiger partial charge is 0.389 e. The van der Waals surface area contributed by atoms with Crippen molar-refractivity contribution in [3.63, 3.8) is 0 Å². The van der Waals surface area contributed by atoms with Crippen LogP contribution < -0.4 is 0 Å². The highest BCUT2D eigenvalue weighted by Crippen LogP contribution is 2.24.